The third kappa shape index (κ3) is 3.76. The lowest BCUT2D eigenvalue weighted by atomic mass is 10.2. The van der Waals surface area contributed by atoms with Gasteiger partial charge in [0.15, 0.2) is 0 Å². The van der Waals surface area contributed by atoms with Crippen molar-refractivity contribution >= 4 is 35.0 Å². The summed E-state index contributed by atoms with van der Waals surface area (Å²) in [5.74, 6) is -1.65. The molecule has 0 unspecified atom stereocenters. The van der Waals surface area contributed by atoms with Crippen LogP contribution in [0, 0.1) is 5.82 Å². The van der Waals surface area contributed by atoms with Crippen LogP contribution >= 0.6 is 11.3 Å². The van der Waals surface area contributed by atoms with Crippen LogP contribution in [0.4, 0.5) is 10.1 Å². The molecule has 1 aromatic carbocycles. The van der Waals surface area contributed by atoms with Gasteiger partial charge >= 0.3 is 5.97 Å². The predicted molar refractivity (Wildman–Crippen MR) is 80.1 cm³/mol. The van der Waals surface area contributed by atoms with Gasteiger partial charge in [0, 0.05) is 29.1 Å². The van der Waals surface area contributed by atoms with Gasteiger partial charge in [-0.15, -0.1) is 11.3 Å². The van der Waals surface area contributed by atoms with E-state index in [0.29, 0.717) is 16.1 Å². The SMILES string of the molecule is CN(C(=O)c1csc(C=CC(=O)O)c1)c1ccc(F)cc1. The Morgan fingerprint density at radius 1 is 1.29 bits per heavy atom. The van der Waals surface area contributed by atoms with Crippen molar-refractivity contribution in [2.24, 2.45) is 0 Å². The van der Waals surface area contributed by atoms with Gasteiger partial charge in [0.25, 0.3) is 5.91 Å². The number of rotatable bonds is 4. The Labute approximate surface area is 124 Å². The quantitative estimate of drug-likeness (QED) is 0.882. The second-order valence-corrected chi connectivity index (χ2v) is 5.19. The molecule has 1 amide bonds. The largest absolute Gasteiger partial charge is 0.478 e. The molecule has 0 bridgehead atoms. The molecule has 0 fully saturated rings. The summed E-state index contributed by atoms with van der Waals surface area (Å²) in [6.07, 6.45) is 2.45. The molecule has 1 heterocycles. The second-order valence-electron chi connectivity index (χ2n) is 4.25. The summed E-state index contributed by atoms with van der Waals surface area (Å²) < 4.78 is 12.9. The van der Waals surface area contributed by atoms with E-state index in [-0.39, 0.29) is 11.7 Å². The van der Waals surface area contributed by atoms with Gasteiger partial charge in [-0.2, -0.15) is 0 Å². The Balaban J connectivity index is 2.16. The molecule has 0 aliphatic carbocycles. The Hall–Kier alpha value is -2.47. The van der Waals surface area contributed by atoms with Crippen molar-refractivity contribution in [3.63, 3.8) is 0 Å². The van der Waals surface area contributed by atoms with Crippen molar-refractivity contribution < 1.29 is 19.1 Å². The molecule has 1 aromatic heterocycles. The van der Waals surface area contributed by atoms with Crippen LogP contribution in [0.2, 0.25) is 0 Å². The molecule has 0 aliphatic rings. The van der Waals surface area contributed by atoms with E-state index < -0.39 is 5.97 Å². The van der Waals surface area contributed by atoms with Gasteiger partial charge in [-0.3, -0.25) is 4.79 Å². The van der Waals surface area contributed by atoms with Crippen molar-refractivity contribution in [1.29, 1.82) is 0 Å². The minimum absolute atomic E-state index is 0.243. The molecule has 6 heteroatoms. The van der Waals surface area contributed by atoms with Gasteiger partial charge in [-0.1, -0.05) is 0 Å². The number of aliphatic carboxylic acids is 1. The number of carbonyl (C=O) groups excluding carboxylic acids is 1. The zero-order chi connectivity index (χ0) is 15.4. The summed E-state index contributed by atoms with van der Waals surface area (Å²) >= 11 is 1.28. The van der Waals surface area contributed by atoms with E-state index in [9.17, 15) is 14.0 Å². The number of carboxylic acids is 1. The van der Waals surface area contributed by atoms with Gasteiger partial charge in [-0.05, 0) is 36.4 Å². The summed E-state index contributed by atoms with van der Waals surface area (Å²) in [7, 11) is 1.60. The van der Waals surface area contributed by atoms with Crippen molar-refractivity contribution in [2.45, 2.75) is 0 Å². The molecule has 0 atom stereocenters. The second kappa shape index (κ2) is 6.32. The third-order valence-corrected chi connectivity index (χ3v) is 3.67. The maximum Gasteiger partial charge on any atom is 0.328 e. The molecule has 1 N–H and O–H groups in total. The summed E-state index contributed by atoms with van der Waals surface area (Å²) in [6, 6.07) is 7.23. The molecule has 2 rings (SSSR count). The van der Waals surface area contributed by atoms with Crippen molar-refractivity contribution in [3.05, 3.63) is 58.0 Å². The van der Waals surface area contributed by atoms with E-state index >= 15 is 0 Å². The first kappa shape index (κ1) is 14.9. The van der Waals surface area contributed by atoms with Crippen LogP contribution in [0.5, 0.6) is 0 Å². The molecule has 21 heavy (non-hydrogen) atoms. The molecule has 4 nitrogen and oxygen atoms in total. The molecule has 2 aromatic rings. The molecular formula is C15H12FNO3S. The highest BCUT2D eigenvalue weighted by molar-refractivity contribution is 7.11. The number of nitrogens with zero attached hydrogens (tertiary/aromatic N) is 1. The van der Waals surface area contributed by atoms with E-state index in [1.165, 1.54) is 46.6 Å². The molecule has 0 spiro atoms. The normalized spacial score (nSPS) is 10.8. The summed E-state index contributed by atoms with van der Waals surface area (Å²) in [4.78, 5) is 24.8. The third-order valence-electron chi connectivity index (χ3n) is 2.78. The number of amides is 1. The lowest BCUT2D eigenvalue weighted by Crippen LogP contribution is -2.25. The van der Waals surface area contributed by atoms with E-state index in [2.05, 4.69) is 0 Å². The first-order chi connectivity index (χ1) is 9.97. The van der Waals surface area contributed by atoms with Gasteiger partial charge in [0.05, 0.1) is 5.56 Å². The zero-order valence-electron chi connectivity index (χ0n) is 11.1. The molecule has 0 aliphatic heterocycles. The minimum Gasteiger partial charge on any atom is -0.478 e. The lowest BCUT2D eigenvalue weighted by molar-refractivity contribution is -0.131. The van der Waals surface area contributed by atoms with Crippen LogP contribution in [0.25, 0.3) is 6.08 Å². The molecular weight excluding hydrogens is 293 g/mol. The van der Waals surface area contributed by atoms with Crippen molar-refractivity contribution in [2.75, 3.05) is 11.9 Å². The topological polar surface area (TPSA) is 57.6 Å². The highest BCUT2D eigenvalue weighted by Crippen LogP contribution is 2.21. The molecule has 0 radical (unpaired) electrons. The predicted octanol–water partition coefficient (Wildman–Crippen LogP) is 3.26. The maximum atomic E-state index is 12.9. The molecule has 108 valence electrons. The fourth-order valence-corrected chi connectivity index (χ4v) is 2.45. The standard InChI is InChI=1S/C15H12FNO3S/c1-17(12-4-2-11(16)3-5-12)15(20)10-8-13(21-9-10)6-7-14(18)19/h2-9H,1H3,(H,18,19). The number of carboxylic acid groups (broad SMARTS) is 1. The lowest BCUT2D eigenvalue weighted by Gasteiger charge is -2.16. The van der Waals surface area contributed by atoms with E-state index in [0.717, 1.165) is 6.08 Å². The smallest absolute Gasteiger partial charge is 0.328 e. The highest BCUT2D eigenvalue weighted by Gasteiger charge is 2.14. The number of carbonyl (C=O) groups is 2. The summed E-state index contributed by atoms with van der Waals surface area (Å²) in [5.41, 5.74) is 1.03. The first-order valence-corrected chi connectivity index (χ1v) is 6.88. The number of hydrogen-bond acceptors (Lipinski definition) is 3. The van der Waals surface area contributed by atoms with Crippen LogP contribution in [0.15, 0.2) is 41.8 Å². The summed E-state index contributed by atoms with van der Waals surface area (Å²) in [5, 5.41) is 10.2. The van der Waals surface area contributed by atoms with Gasteiger partial charge in [-0.25, -0.2) is 9.18 Å². The number of halogens is 1. The average molecular weight is 305 g/mol. The Morgan fingerprint density at radius 3 is 2.57 bits per heavy atom. The van der Waals surface area contributed by atoms with Crippen LogP contribution in [-0.2, 0) is 4.79 Å². The highest BCUT2D eigenvalue weighted by atomic mass is 32.1. The Bertz CT molecular complexity index is 691. The van der Waals surface area contributed by atoms with Crippen molar-refractivity contribution in [3.8, 4) is 0 Å². The van der Waals surface area contributed by atoms with E-state index in [1.807, 2.05) is 0 Å². The summed E-state index contributed by atoms with van der Waals surface area (Å²) in [6.45, 7) is 0. The molecule has 0 saturated carbocycles. The molecule has 0 saturated heterocycles. The first-order valence-electron chi connectivity index (χ1n) is 6.00. The van der Waals surface area contributed by atoms with Crippen LogP contribution in [-0.4, -0.2) is 24.0 Å². The minimum atomic E-state index is -1.04. The fraction of sp³-hybridized carbons (Fsp3) is 0.0667. The van der Waals surface area contributed by atoms with Gasteiger partial charge in [0.2, 0.25) is 0 Å². The van der Waals surface area contributed by atoms with Gasteiger partial charge in [0.1, 0.15) is 5.82 Å². The zero-order valence-corrected chi connectivity index (χ0v) is 11.9. The van der Waals surface area contributed by atoms with E-state index in [1.54, 1.807) is 18.5 Å². The number of thiophene rings is 1. The van der Waals surface area contributed by atoms with Gasteiger partial charge < -0.3 is 10.0 Å². The Morgan fingerprint density at radius 2 is 1.95 bits per heavy atom. The van der Waals surface area contributed by atoms with E-state index in [4.69, 9.17) is 5.11 Å². The number of benzene rings is 1. The average Bonchev–Trinajstić information content (AvgIpc) is 2.93. The Kier molecular flexibility index (Phi) is 4.49. The number of hydrogen-bond donors (Lipinski definition) is 1. The fourth-order valence-electron chi connectivity index (χ4n) is 1.68. The maximum absolute atomic E-state index is 12.9. The number of anilines is 1. The van der Waals surface area contributed by atoms with Crippen LogP contribution in [0.3, 0.4) is 0 Å². The monoisotopic (exact) mass is 305 g/mol. The van der Waals surface area contributed by atoms with Crippen molar-refractivity contribution in [1.82, 2.24) is 0 Å². The van der Waals surface area contributed by atoms with Crippen LogP contribution in [0.1, 0.15) is 15.2 Å². The van der Waals surface area contributed by atoms with Crippen LogP contribution < -0.4 is 4.90 Å².